The molecule has 0 aromatic rings. The maximum atomic E-state index is 12.0. The Kier molecular flexibility index (Phi) is 5.98. The molecular weight excluding hydrogens is 260 g/mol. The predicted octanol–water partition coefficient (Wildman–Crippen LogP) is 0.860. The number of carbonyl (C=O) groups is 3. The van der Waals surface area contributed by atoms with Crippen molar-refractivity contribution in [1.29, 1.82) is 0 Å². The summed E-state index contributed by atoms with van der Waals surface area (Å²) in [4.78, 5) is 36.2. The van der Waals surface area contributed by atoms with Crippen LogP contribution in [0.15, 0.2) is 0 Å². The molecule has 1 heterocycles. The first-order valence-corrected chi connectivity index (χ1v) is 7.12. The number of nitrogens with zero attached hydrogens (tertiary/aromatic N) is 1. The maximum Gasteiger partial charge on any atom is 0.305 e. The third kappa shape index (κ3) is 4.83. The molecule has 2 N–H and O–H groups in total. The van der Waals surface area contributed by atoms with E-state index in [1.54, 1.807) is 11.8 Å². The van der Waals surface area contributed by atoms with Gasteiger partial charge in [0.05, 0.1) is 6.42 Å². The van der Waals surface area contributed by atoms with Gasteiger partial charge in [0.25, 0.3) is 0 Å². The van der Waals surface area contributed by atoms with E-state index < -0.39 is 5.97 Å². The SMILES string of the molecule is CC(CC(=O)O)NC(=O)C1CCN(C(=O)C(C)C)CC1. The van der Waals surface area contributed by atoms with Crippen molar-refractivity contribution in [2.24, 2.45) is 11.8 Å². The van der Waals surface area contributed by atoms with E-state index in [1.807, 2.05) is 13.8 Å². The molecule has 0 radical (unpaired) electrons. The van der Waals surface area contributed by atoms with Crippen molar-refractivity contribution in [2.45, 2.75) is 46.1 Å². The molecule has 0 aliphatic carbocycles. The van der Waals surface area contributed by atoms with Crippen LogP contribution in [0.3, 0.4) is 0 Å². The first-order valence-electron chi connectivity index (χ1n) is 7.12. The van der Waals surface area contributed by atoms with Crippen LogP contribution >= 0.6 is 0 Å². The Morgan fingerprint density at radius 2 is 1.75 bits per heavy atom. The lowest BCUT2D eigenvalue weighted by molar-refractivity contribution is -0.139. The lowest BCUT2D eigenvalue weighted by Gasteiger charge is -2.32. The van der Waals surface area contributed by atoms with Gasteiger partial charge in [0.1, 0.15) is 0 Å². The lowest BCUT2D eigenvalue weighted by atomic mass is 9.94. The van der Waals surface area contributed by atoms with Crippen LogP contribution in [0.1, 0.15) is 40.0 Å². The molecule has 0 aromatic heterocycles. The second-order valence-electron chi connectivity index (χ2n) is 5.76. The number of carboxylic acid groups (broad SMARTS) is 1. The van der Waals surface area contributed by atoms with Crippen LogP contribution in [0.4, 0.5) is 0 Å². The minimum absolute atomic E-state index is 0.0176. The van der Waals surface area contributed by atoms with Gasteiger partial charge in [-0.2, -0.15) is 0 Å². The number of nitrogens with one attached hydrogen (secondary N) is 1. The summed E-state index contributed by atoms with van der Waals surface area (Å²) >= 11 is 0. The van der Waals surface area contributed by atoms with Crippen molar-refractivity contribution < 1.29 is 19.5 Å². The summed E-state index contributed by atoms with van der Waals surface area (Å²) in [6.45, 7) is 6.62. The zero-order valence-corrected chi connectivity index (χ0v) is 12.4. The number of likely N-dealkylation sites (tertiary alicyclic amines) is 1. The average molecular weight is 284 g/mol. The third-order valence-electron chi connectivity index (χ3n) is 3.54. The normalized spacial score (nSPS) is 17.9. The van der Waals surface area contributed by atoms with Gasteiger partial charge in [-0.15, -0.1) is 0 Å². The van der Waals surface area contributed by atoms with E-state index in [2.05, 4.69) is 5.32 Å². The van der Waals surface area contributed by atoms with Gasteiger partial charge < -0.3 is 15.3 Å². The van der Waals surface area contributed by atoms with E-state index in [9.17, 15) is 14.4 Å². The molecule has 1 atom stereocenters. The summed E-state index contributed by atoms with van der Waals surface area (Å²) in [5, 5.41) is 11.4. The highest BCUT2D eigenvalue weighted by Crippen LogP contribution is 2.19. The molecule has 1 unspecified atom stereocenters. The van der Waals surface area contributed by atoms with Gasteiger partial charge in [0, 0.05) is 31.0 Å². The minimum atomic E-state index is -0.921. The van der Waals surface area contributed by atoms with E-state index in [1.165, 1.54) is 0 Å². The van der Waals surface area contributed by atoms with E-state index >= 15 is 0 Å². The van der Waals surface area contributed by atoms with E-state index in [0.717, 1.165) is 0 Å². The lowest BCUT2D eigenvalue weighted by Crippen LogP contribution is -2.46. The zero-order valence-electron chi connectivity index (χ0n) is 12.4. The summed E-state index contributed by atoms with van der Waals surface area (Å²) in [5.74, 6) is -1.04. The van der Waals surface area contributed by atoms with E-state index in [4.69, 9.17) is 5.11 Å². The van der Waals surface area contributed by atoms with Crippen LogP contribution in [0, 0.1) is 11.8 Å². The number of rotatable bonds is 5. The number of piperidine rings is 1. The van der Waals surface area contributed by atoms with Gasteiger partial charge in [-0.25, -0.2) is 0 Å². The summed E-state index contributed by atoms with van der Waals surface area (Å²) in [7, 11) is 0. The molecule has 1 rings (SSSR count). The van der Waals surface area contributed by atoms with Crippen molar-refractivity contribution in [2.75, 3.05) is 13.1 Å². The number of hydrogen-bond acceptors (Lipinski definition) is 3. The van der Waals surface area contributed by atoms with Gasteiger partial charge in [-0.1, -0.05) is 13.8 Å². The molecule has 6 nitrogen and oxygen atoms in total. The molecule has 0 bridgehead atoms. The summed E-state index contributed by atoms with van der Waals surface area (Å²) in [5.41, 5.74) is 0. The van der Waals surface area contributed by atoms with Crippen LogP contribution in [0.5, 0.6) is 0 Å². The van der Waals surface area contributed by atoms with Gasteiger partial charge in [0.15, 0.2) is 0 Å². The molecule has 0 aromatic carbocycles. The molecule has 6 heteroatoms. The Bertz CT molecular complexity index is 373. The molecule has 1 saturated heterocycles. The minimum Gasteiger partial charge on any atom is -0.481 e. The molecular formula is C14H24N2O4. The Balaban J connectivity index is 2.39. The van der Waals surface area contributed by atoms with E-state index in [0.29, 0.717) is 25.9 Å². The molecule has 1 fully saturated rings. The fourth-order valence-corrected chi connectivity index (χ4v) is 2.40. The quantitative estimate of drug-likeness (QED) is 0.784. The van der Waals surface area contributed by atoms with Crippen LogP contribution in [0.2, 0.25) is 0 Å². The Labute approximate surface area is 119 Å². The highest BCUT2D eigenvalue weighted by Gasteiger charge is 2.28. The van der Waals surface area contributed by atoms with Crippen LogP contribution in [-0.2, 0) is 14.4 Å². The molecule has 20 heavy (non-hydrogen) atoms. The van der Waals surface area contributed by atoms with Crippen LogP contribution < -0.4 is 5.32 Å². The summed E-state index contributed by atoms with van der Waals surface area (Å²) in [6, 6.07) is -0.365. The van der Waals surface area contributed by atoms with Crippen LogP contribution in [-0.4, -0.2) is 46.9 Å². The van der Waals surface area contributed by atoms with Gasteiger partial charge >= 0.3 is 5.97 Å². The first-order chi connectivity index (χ1) is 9.31. The maximum absolute atomic E-state index is 12.0. The Hall–Kier alpha value is -1.59. The molecule has 2 amide bonds. The number of aliphatic carboxylic acids is 1. The van der Waals surface area contributed by atoms with Crippen molar-refractivity contribution in [3.05, 3.63) is 0 Å². The van der Waals surface area contributed by atoms with Gasteiger partial charge in [-0.3, -0.25) is 14.4 Å². The molecule has 114 valence electrons. The molecule has 1 aliphatic rings. The van der Waals surface area contributed by atoms with Gasteiger partial charge in [0.2, 0.25) is 11.8 Å². The molecule has 1 aliphatic heterocycles. The predicted molar refractivity (Wildman–Crippen MR) is 74.0 cm³/mol. The fourth-order valence-electron chi connectivity index (χ4n) is 2.40. The number of amides is 2. The van der Waals surface area contributed by atoms with Crippen LogP contribution in [0.25, 0.3) is 0 Å². The summed E-state index contributed by atoms with van der Waals surface area (Å²) < 4.78 is 0. The van der Waals surface area contributed by atoms with Crippen molar-refractivity contribution in [3.8, 4) is 0 Å². The Morgan fingerprint density at radius 1 is 1.20 bits per heavy atom. The standard InChI is InChI=1S/C14H24N2O4/c1-9(2)14(20)16-6-4-11(5-7-16)13(19)15-10(3)8-12(17)18/h9-11H,4-8H2,1-3H3,(H,15,19)(H,17,18). The Morgan fingerprint density at radius 3 is 2.20 bits per heavy atom. The third-order valence-corrected chi connectivity index (χ3v) is 3.54. The number of carboxylic acids is 1. The second kappa shape index (κ2) is 7.26. The number of hydrogen-bond donors (Lipinski definition) is 2. The largest absolute Gasteiger partial charge is 0.481 e. The van der Waals surface area contributed by atoms with Crippen molar-refractivity contribution in [3.63, 3.8) is 0 Å². The topological polar surface area (TPSA) is 86.7 Å². The fraction of sp³-hybridized carbons (Fsp3) is 0.786. The number of carbonyl (C=O) groups excluding carboxylic acids is 2. The zero-order chi connectivity index (χ0) is 15.3. The highest BCUT2D eigenvalue weighted by molar-refractivity contribution is 5.81. The van der Waals surface area contributed by atoms with Gasteiger partial charge in [-0.05, 0) is 19.8 Å². The average Bonchev–Trinajstić information content (AvgIpc) is 2.36. The summed E-state index contributed by atoms with van der Waals surface area (Å²) in [6.07, 6.45) is 1.21. The van der Waals surface area contributed by atoms with E-state index in [-0.39, 0.29) is 36.1 Å². The smallest absolute Gasteiger partial charge is 0.305 e. The first kappa shape index (κ1) is 16.5. The van der Waals surface area contributed by atoms with Crippen molar-refractivity contribution >= 4 is 17.8 Å². The second-order valence-corrected chi connectivity index (χ2v) is 5.76. The molecule has 0 spiro atoms. The van der Waals surface area contributed by atoms with Crippen molar-refractivity contribution in [1.82, 2.24) is 10.2 Å². The molecule has 0 saturated carbocycles. The highest BCUT2D eigenvalue weighted by atomic mass is 16.4. The monoisotopic (exact) mass is 284 g/mol.